The summed E-state index contributed by atoms with van der Waals surface area (Å²) in [6.07, 6.45) is 5.12. The van der Waals surface area contributed by atoms with Gasteiger partial charge < -0.3 is 10.1 Å². The maximum absolute atomic E-state index is 14.0. The Morgan fingerprint density at radius 2 is 2.00 bits per heavy atom. The highest BCUT2D eigenvalue weighted by atomic mass is 32.2. The number of nitrogens with one attached hydrogen (secondary N) is 1. The molecule has 0 spiro atoms. The first-order chi connectivity index (χ1) is 12.7. The molecule has 2 aromatic rings. The fourth-order valence-electron chi connectivity index (χ4n) is 2.89. The van der Waals surface area contributed by atoms with Gasteiger partial charge in [-0.25, -0.2) is 27.9 Å². The average Bonchev–Trinajstić information content (AvgIpc) is 2.55. The third-order valence-corrected chi connectivity index (χ3v) is 5.33. The van der Waals surface area contributed by atoms with Crippen molar-refractivity contribution in [3.8, 4) is 0 Å². The van der Waals surface area contributed by atoms with Gasteiger partial charge in [0.1, 0.15) is 5.82 Å². The molecule has 1 aliphatic rings. The molecule has 3 N–H and O–H groups in total. The molecule has 27 heavy (non-hydrogen) atoms. The molecule has 0 amide bonds. The molecule has 0 atom stereocenters. The Morgan fingerprint density at radius 3 is 2.56 bits per heavy atom. The molecule has 0 radical (unpaired) electrons. The number of aromatic nitrogens is 2. The molecule has 10 heteroatoms. The van der Waals surface area contributed by atoms with E-state index in [0.29, 0.717) is 18.4 Å². The van der Waals surface area contributed by atoms with Crippen molar-refractivity contribution >= 4 is 27.6 Å². The molecule has 1 heterocycles. The first kappa shape index (κ1) is 19.2. The lowest BCUT2D eigenvalue weighted by Gasteiger charge is -2.34. The number of esters is 1. The molecule has 0 bridgehead atoms. The minimum atomic E-state index is -3.97. The molecule has 1 saturated carbocycles. The predicted octanol–water partition coefficient (Wildman–Crippen LogP) is 2.06. The summed E-state index contributed by atoms with van der Waals surface area (Å²) < 4.78 is 41.5. The Labute approximate surface area is 156 Å². The third-order valence-electron chi connectivity index (χ3n) is 4.42. The molecule has 3 rings (SSSR count). The second-order valence-electron chi connectivity index (χ2n) is 6.49. The molecule has 0 saturated heterocycles. The number of hydrogen-bond acceptors (Lipinski definition) is 7. The van der Waals surface area contributed by atoms with Crippen LogP contribution in [-0.2, 0) is 19.6 Å². The first-order valence-electron chi connectivity index (χ1n) is 8.27. The van der Waals surface area contributed by atoms with Crippen LogP contribution in [-0.4, -0.2) is 31.0 Å². The number of nitrogens with two attached hydrogens (primary N) is 1. The van der Waals surface area contributed by atoms with E-state index in [9.17, 15) is 17.6 Å². The maximum atomic E-state index is 14.0. The SMILES string of the molecule is CC(=O)OCC1CC(c2cnc(Nc3ccc(S(N)(=O)=O)cc3F)nc2)C1. The minimum Gasteiger partial charge on any atom is -0.466 e. The van der Waals surface area contributed by atoms with Crippen molar-refractivity contribution in [2.45, 2.75) is 30.6 Å². The van der Waals surface area contributed by atoms with Gasteiger partial charge in [0.15, 0.2) is 0 Å². The van der Waals surface area contributed by atoms with E-state index in [4.69, 9.17) is 9.88 Å². The highest BCUT2D eigenvalue weighted by Crippen LogP contribution is 2.41. The smallest absolute Gasteiger partial charge is 0.302 e. The number of primary sulfonamides is 1. The van der Waals surface area contributed by atoms with Crippen LogP contribution < -0.4 is 10.5 Å². The van der Waals surface area contributed by atoms with Crippen LogP contribution in [0, 0.1) is 11.7 Å². The Hall–Kier alpha value is -2.59. The van der Waals surface area contributed by atoms with Gasteiger partial charge in [0.2, 0.25) is 16.0 Å². The molecular formula is C17H19FN4O4S. The number of nitrogens with zero attached hydrogens (tertiary/aromatic N) is 2. The van der Waals surface area contributed by atoms with Gasteiger partial charge >= 0.3 is 5.97 Å². The van der Waals surface area contributed by atoms with Gasteiger partial charge in [0.25, 0.3) is 0 Å². The average molecular weight is 394 g/mol. The summed E-state index contributed by atoms with van der Waals surface area (Å²) in [6, 6.07) is 3.30. The van der Waals surface area contributed by atoms with Gasteiger partial charge in [-0.2, -0.15) is 0 Å². The predicted molar refractivity (Wildman–Crippen MR) is 95.2 cm³/mol. The van der Waals surface area contributed by atoms with Gasteiger partial charge in [-0.15, -0.1) is 0 Å². The van der Waals surface area contributed by atoms with E-state index in [-0.39, 0.29) is 22.5 Å². The highest BCUT2D eigenvalue weighted by molar-refractivity contribution is 7.89. The van der Waals surface area contributed by atoms with Gasteiger partial charge in [-0.3, -0.25) is 4.79 Å². The van der Waals surface area contributed by atoms with E-state index < -0.39 is 15.8 Å². The largest absolute Gasteiger partial charge is 0.466 e. The second kappa shape index (κ2) is 7.57. The number of benzene rings is 1. The molecule has 0 unspecified atom stereocenters. The van der Waals surface area contributed by atoms with Gasteiger partial charge in [0, 0.05) is 19.3 Å². The summed E-state index contributed by atoms with van der Waals surface area (Å²) in [7, 11) is -3.97. The number of ether oxygens (including phenoxy) is 1. The van der Waals surface area contributed by atoms with Gasteiger partial charge in [-0.1, -0.05) is 0 Å². The Kier molecular flexibility index (Phi) is 5.38. The van der Waals surface area contributed by atoms with E-state index in [1.165, 1.54) is 19.1 Å². The number of carbonyl (C=O) groups is 1. The second-order valence-corrected chi connectivity index (χ2v) is 8.05. The van der Waals surface area contributed by atoms with Crippen LogP contribution in [0.3, 0.4) is 0 Å². The zero-order chi connectivity index (χ0) is 19.6. The Morgan fingerprint density at radius 1 is 1.33 bits per heavy atom. The summed E-state index contributed by atoms with van der Waals surface area (Å²) in [5.74, 6) is -0.201. The van der Waals surface area contributed by atoms with Crippen molar-refractivity contribution in [3.05, 3.63) is 42.0 Å². The number of anilines is 2. The molecule has 0 aliphatic heterocycles. The normalized spacial score (nSPS) is 19.2. The van der Waals surface area contributed by atoms with Crippen LogP contribution >= 0.6 is 0 Å². The van der Waals surface area contributed by atoms with E-state index in [2.05, 4.69) is 15.3 Å². The van der Waals surface area contributed by atoms with Crippen LogP contribution in [0.1, 0.15) is 31.2 Å². The van der Waals surface area contributed by atoms with Crippen LogP contribution in [0.2, 0.25) is 0 Å². The Bertz CT molecular complexity index is 944. The summed E-state index contributed by atoms with van der Waals surface area (Å²) in [5, 5.41) is 7.68. The number of hydrogen-bond donors (Lipinski definition) is 2. The minimum absolute atomic E-state index is 0.0419. The van der Waals surface area contributed by atoms with Crippen molar-refractivity contribution in [1.82, 2.24) is 9.97 Å². The third kappa shape index (κ3) is 4.77. The first-order valence-corrected chi connectivity index (χ1v) is 9.81. The van der Waals surface area contributed by atoms with Crippen molar-refractivity contribution < 1.29 is 22.3 Å². The van der Waals surface area contributed by atoms with E-state index in [0.717, 1.165) is 24.5 Å². The topological polar surface area (TPSA) is 124 Å². The fourth-order valence-corrected chi connectivity index (χ4v) is 3.41. The molecule has 1 fully saturated rings. The number of rotatable bonds is 6. The number of halogens is 1. The molecule has 1 aliphatic carbocycles. The molecule has 1 aromatic heterocycles. The Balaban J connectivity index is 1.60. The number of sulfonamides is 1. The van der Waals surface area contributed by atoms with E-state index in [1.54, 1.807) is 12.4 Å². The maximum Gasteiger partial charge on any atom is 0.302 e. The van der Waals surface area contributed by atoms with Crippen molar-refractivity contribution in [2.24, 2.45) is 11.1 Å². The lowest BCUT2D eigenvalue weighted by Crippen LogP contribution is -2.27. The summed E-state index contributed by atoms with van der Waals surface area (Å²) >= 11 is 0. The van der Waals surface area contributed by atoms with Crippen LogP contribution in [0.5, 0.6) is 0 Å². The number of carbonyl (C=O) groups excluding carboxylic acids is 1. The fraction of sp³-hybridized carbons (Fsp3) is 0.353. The van der Waals surface area contributed by atoms with E-state index in [1.807, 2.05) is 0 Å². The summed E-state index contributed by atoms with van der Waals surface area (Å²) in [4.78, 5) is 18.8. The quantitative estimate of drug-likeness (QED) is 0.719. The van der Waals surface area contributed by atoms with Gasteiger partial charge in [-0.05, 0) is 48.4 Å². The van der Waals surface area contributed by atoms with Crippen molar-refractivity contribution in [2.75, 3.05) is 11.9 Å². The monoisotopic (exact) mass is 394 g/mol. The summed E-state index contributed by atoms with van der Waals surface area (Å²) in [6.45, 7) is 1.82. The summed E-state index contributed by atoms with van der Waals surface area (Å²) in [5.41, 5.74) is 1.00. The van der Waals surface area contributed by atoms with E-state index >= 15 is 0 Å². The van der Waals surface area contributed by atoms with Crippen LogP contribution in [0.25, 0.3) is 0 Å². The zero-order valence-corrected chi connectivity index (χ0v) is 15.4. The molecule has 144 valence electrons. The molecule has 1 aromatic carbocycles. The highest BCUT2D eigenvalue weighted by Gasteiger charge is 2.31. The van der Waals surface area contributed by atoms with Crippen molar-refractivity contribution in [1.29, 1.82) is 0 Å². The zero-order valence-electron chi connectivity index (χ0n) is 14.6. The molecule has 8 nitrogen and oxygen atoms in total. The van der Waals surface area contributed by atoms with Crippen LogP contribution in [0.15, 0.2) is 35.5 Å². The standard InChI is InChI=1S/C17H19FN4O4S/c1-10(23)26-9-11-4-12(5-11)13-7-20-17(21-8-13)22-16-3-2-14(6-15(16)18)27(19,24)25/h2-3,6-8,11-12H,4-5,9H2,1H3,(H2,19,24,25)(H,20,21,22). The lowest BCUT2D eigenvalue weighted by atomic mass is 9.72. The molecular weight excluding hydrogens is 375 g/mol. The lowest BCUT2D eigenvalue weighted by molar-refractivity contribution is -0.143. The van der Waals surface area contributed by atoms with Crippen LogP contribution in [0.4, 0.5) is 16.0 Å². The van der Waals surface area contributed by atoms with Crippen molar-refractivity contribution in [3.63, 3.8) is 0 Å². The van der Waals surface area contributed by atoms with Gasteiger partial charge in [0.05, 0.1) is 17.2 Å².